The molecule has 22 nitrogen and oxygen atoms in total. The first-order valence-corrected chi connectivity index (χ1v) is 53.8. The van der Waals surface area contributed by atoms with Crippen molar-refractivity contribution in [2.75, 3.05) is 180 Å². The fraction of sp³-hybridized carbons (Fsp3) is 0.962. The number of aliphatic carboxylic acids is 1. The van der Waals surface area contributed by atoms with Crippen molar-refractivity contribution in [3.63, 3.8) is 0 Å². The minimum atomic E-state index is -1.81. The van der Waals surface area contributed by atoms with Crippen molar-refractivity contribution in [1.82, 2.24) is 15.5 Å². The number of unbranched alkanes of at least 4 members (excludes halogenated alkanes) is 14. The Labute approximate surface area is 656 Å². The smallest absolute Gasteiger partial charge is 0.320 e. The van der Waals surface area contributed by atoms with Crippen LogP contribution in [0.15, 0.2) is 0 Å². The van der Waals surface area contributed by atoms with Gasteiger partial charge in [0, 0.05) is 32.4 Å². The zero-order valence-corrected chi connectivity index (χ0v) is 77.0. The Morgan fingerprint density at radius 3 is 1.12 bits per heavy atom. The van der Waals surface area contributed by atoms with Crippen LogP contribution in [-0.2, 0) is 55.8 Å². The quantitative estimate of drug-likeness (QED) is 0.0143. The highest BCUT2D eigenvalue weighted by Gasteiger charge is 2.34. The highest BCUT2D eigenvalue weighted by Crippen LogP contribution is 2.26. The molecule has 0 aromatic heterocycles. The van der Waals surface area contributed by atoms with E-state index in [-0.39, 0.29) is 82.5 Å². The summed E-state index contributed by atoms with van der Waals surface area (Å²) < 4.78 is 53.5. The van der Waals surface area contributed by atoms with E-state index in [2.05, 4.69) is 103 Å². The van der Waals surface area contributed by atoms with E-state index in [1.807, 2.05) is 55.5 Å². The van der Waals surface area contributed by atoms with Crippen LogP contribution in [0, 0.1) is 0 Å². The van der Waals surface area contributed by atoms with Gasteiger partial charge in [0.25, 0.3) is 0 Å². The van der Waals surface area contributed by atoms with Crippen LogP contribution in [0.25, 0.3) is 0 Å². The molecule has 0 aliphatic heterocycles. The Kier molecular flexibility index (Phi) is 82.7. The molecule has 6 N–H and O–H groups in total. The number of aliphatic hydroxyl groups excluding tert-OH is 4. The van der Waals surface area contributed by atoms with E-state index in [1.54, 1.807) is 7.05 Å². The molecule has 4 atom stereocenters. The Balaban J connectivity index is -0.000000390. The predicted molar refractivity (Wildman–Crippen MR) is 441 cm³/mol. The van der Waals surface area contributed by atoms with Crippen LogP contribution in [0.5, 0.6) is 0 Å². The SMILES string of the molecule is CC.CC.CCC(O)COCCC[Si](C)(C)O[Si](C)(C)CCCOCC(O)C[N+](C)(C)CCCCCCN(CC)CC(=O)OCCOCCOC(=O)CNC.CCC(O)COCCC[Si](C)(C)O[Si](C)(C)CCCOCC(O)C[N+](C)(C)CCCCCCNC.CCCCCCCCCCCC(=O)[O-].[Cl-]. The summed E-state index contributed by atoms with van der Waals surface area (Å²) in [4.78, 5) is 35.6. The number of nitrogens with one attached hydrogen (secondary N) is 2. The molecule has 0 fully saturated rings. The largest absolute Gasteiger partial charge is 1.00 e. The van der Waals surface area contributed by atoms with E-state index in [0.717, 1.165) is 149 Å². The van der Waals surface area contributed by atoms with Crippen molar-refractivity contribution in [1.29, 1.82) is 0 Å². The second-order valence-electron chi connectivity index (χ2n) is 31.4. The normalized spacial score (nSPS) is 13.2. The Bertz CT molecular complexity index is 1900. The number of carboxylic acids is 1. The van der Waals surface area contributed by atoms with Gasteiger partial charge in [0.2, 0.25) is 0 Å². The third-order valence-electron chi connectivity index (χ3n) is 17.5. The van der Waals surface area contributed by atoms with E-state index in [0.29, 0.717) is 59.4 Å². The average molecular weight is 1600 g/mol. The lowest BCUT2D eigenvalue weighted by Crippen LogP contribution is -3.00. The summed E-state index contributed by atoms with van der Waals surface area (Å²) >= 11 is 0. The summed E-state index contributed by atoms with van der Waals surface area (Å²) in [5.74, 6) is -1.50. The number of rotatable bonds is 69. The topological polar surface area (TPSA) is 266 Å². The van der Waals surface area contributed by atoms with E-state index < -0.39 is 51.4 Å². The monoisotopic (exact) mass is 1600 g/mol. The van der Waals surface area contributed by atoms with E-state index >= 15 is 0 Å². The summed E-state index contributed by atoms with van der Waals surface area (Å²) in [6, 6.07) is 4.25. The molecule has 0 aliphatic carbocycles. The Morgan fingerprint density at radius 2 is 0.771 bits per heavy atom. The number of esters is 2. The minimum absolute atomic E-state index is 0. The van der Waals surface area contributed by atoms with Crippen LogP contribution in [0.3, 0.4) is 0 Å². The molecule has 4 unspecified atom stereocenters. The Morgan fingerprint density at radius 1 is 0.429 bits per heavy atom. The molecule has 105 heavy (non-hydrogen) atoms. The molecule has 0 spiro atoms. The molecule has 27 heteroatoms. The standard InChI is InChI=1S/C36H78N3O10Si2.C26H61N2O5Si2.C12H24O2.2C2H6.ClH/c1-10-33(40)31-45-20-16-26-50(6,7)49-51(8,9)27-17-21-46-32-34(41)30-39(4,5)19-15-13-12-14-18-38(11-2)29-36(43)48-25-23-44-22-24-47-35(42)28-37-3;1-9-25(29)23-31-18-14-20-34(5,6)33-35(7,8)21-15-19-32-24-26(30)22-28(3,4)17-13-11-10-12-16-27-2;1-2-3-4-5-6-7-8-9-10-11-12(13)14;2*1-2;/h33-34,37,40-41H,10-32H2,1-9H3;25-27,29-30H,9-24H2,1-8H3;2-11H2,1H3,(H,13,14);2*1-2H3;1H/q2*+1;;;;/p-2. The minimum Gasteiger partial charge on any atom is -1.00 e. The molecule has 0 saturated heterocycles. The molecule has 0 saturated carbocycles. The summed E-state index contributed by atoms with van der Waals surface area (Å²) in [7, 11) is 5.36. The first-order valence-electron chi connectivity index (χ1n) is 41.3. The molecule has 0 heterocycles. The van der Waals surface area contributed by atoms with Crippen molar-refractivity contribution < 1.29 is 103 Å². The molecule has 0 radical (unpaired) electrons. The van der Waals surface area contributed by atoms with Gasteiger partial charge in [-0.2, -0.15) is 0 Å². The molecule has 0 rings (SSSR count). The van der Waals surface area contributed by atoms with Crippen molar-refractivity contribution >= 4 is 51.2 Å². The molecule has 0 aliphatic rings. The second kappa shape index (κ2) is 75.6. The van der Waals surface area contributed by atoms with Crippen LogP contribution in [-0.4, -0.2) is 290 Å². The highest BCUT2D eigenvalue weighted by molar-refractivity contribution is 6.85. The summed E-state index contributed by atoms with van der Waals surface area (Å²) in [6.45, 7) is 46.4. The van der Waals surface area contributed by atoms with Gasteiger partial charge in [-0.15, -0.1) is 0 Å². The van der Waals surface area contributed by atoms with Gasteiger partial charge < -0.3 is 104 Å². The van der Waals surface area contributed by atoms with Crippen LogP contribution in [0.1, 0.15) is 209 Å². The van der Waals surface area contributed by atoms with Gasteiger partial charge in [0.05, 0.1) is 106 Å². The van der Waals surface area contributed by atoms with Crippen molar-refractivity contribution in [2.24, 2.45) is 0 Å². The number of nitrogens with zero attached hydrogens (tertiary/aromatic N) is 3. The van der Waals surface area contributed by atoms with Crippen LogP contribution in [0.2, 0.25) is 76.6 Å². The van der Waals surface area contributed by atoms with Gasteiger partial charge in [-0.05, 0) is 200 Å². The first kappa shape index (κ1) is 115. The third-order valence-corrected chi connectivity index (χ3v) is 32.6. The number of carbonyl (C=O) groups is 3. The fourth-order valence-electron chi connectivity index (χ4n) is 11.9. The second-order valence-corrected chi connectivity index (χ2v) is 49.1. The summed E-state index contributed by atoms with van der Waals surface area (Å²) in [5.41, 5.74) is 0. The number of carbonyl (C=O) groups excluding carboxylic acids is 3. The maximum absolute atomic E-state index is 12.2. The first-order chi connectivity index (χ1) is 49.1. The number of likely N-dealkylation sites (N-methyl/N-ethyl adjacent to an activating group) is 4. The lowest BCUT2D eigenvalue weighted by Gasteiger charge is -2.34. The van der Waals surface area contributed by atoms with Crippen LogP contribution < -0.4 is 28.1 Å². The number of quaternary nitrogens is 2. The lowest BCUT2D eigenvalue weighted by molar-refractivity contribution is -0.893. The highest BCUT2D eigenvalue weighted by atomic mass is 35.5. The zero-order valence-electron chi connectivity index (χ0n) is 72.3. The van der Waals surface area contributed by atoms with Gasteiger partial charge in [0.1, 0.15) is 38.5 Å². The molecule has 0 amide bonds. The molecule has 0 bridgehead atoms. The fourth-order valence-corrected chi connectivity index (χ4v) is 29.5. The average Bonchev–Trinajstić information content (AvgIpc) is 0.879. The van der Waals surface area contributed by atoms with E-state index in [9.17, 15) is 39.9 Å². The zero-order chi connectivity index (χ0) is 80.0. The van der Waals surface area contributed by atoms with Gasteiger partial charge in [-0.1, -0.05) is 120 Å². The maximum atomic E-state index is 12.2. The van der Waals surface area contributed by atoms with E-state index in [4.69, 9.17) is 41.4 Å². The van der Waals surface area contributed by atoms with E-state index in [1.165, 1.54) is 70.6 Å². The number of ether oxygens (including phenoxy) is 7. The molecule has 636 valence electrons. The van der Waals surface area contributed by atoms with Crippen molar-refractivity contribution in [3.05, 3.63) is 0 Å². The van der Waals surface area contributed by atoms with Gasteiger partial charge in [-0.25, -0.2) is 0 Å². The summed E-state index contributed by atoms with van der Waals surface area (Å²) in [6.07, 6.45) is 24.2. The number of hydrogen-bond acceptors (Lipinski definition) is 20. The van der Waals surface area contributed by atoms with Gasteiger partial charge in [0.15, 0.2) is 33.3 Å². The van der Waals surface area contributed by atoms with Crippen LogP contribution >= 0.6 is 0 Å². The number of aliphatic hydroxyl groups is 4. The summed E-state index contributed by atoms with van der Waals surface area (Å²) in [5, 5.41) is 56.3. The predicted octanol–water partition coefficient (Wildman–Crippen LogP) is 9.57. The molecular formula is C78H174ClN5O17Si4. The number of carboxylic acid groups (broad SMARTS) is 1. The lowest BCUT2D eigenvalue weighted by atomic mass is 10.1. The Hall–Kier alpha value is -1.07. The third kappa shape index (κ3) is 86.8. The number of halogens is 1. The van der Waals surface area contributed by atoms with Crippen molar-refractivity contribution in [2.45, 2.75) is 310 Å². The van der Waals surface area contributed by atoms with Crippen LogP contribution in [0.4, 0.5) is 0 Å². The maximum Gasteiger partial charge on any atom is 0.320 e. The molecular weight excluding hydrogens is 1430 g/mol. The molecule has 0 aromatic rings. The number of hydrogen-bond donors (Lipinski definition) is 6. The van der Waals surface area contributed by atoms with Gasteiger partial charge >= 0.3 is 11.9 Å². The van der Waals surface area contributed by atoms with Gasteiger partial charge in [-0.3, -0.25) is 14.5 Å². The molecule has 0 aromatic carbocycles. The van der Waals surface area contributed by atoms with Crippen molar-refractivity contribution in [3.8, 4) is 0 Å².